The molecule has 0 saturated heterocycles. The van der Waals surface area contributed by atoms with E-state index in [1.165, 1.54) is 25.7 Å². The summed E-state index contributed by atoms with van der Waals surface area (Å²) in [4.78, 5) is 8.57. The van der Waals surface area contributed by atoms with Gasteiger partial charge in [-0.1, -0.05) is 40.0 Å². The monoisotopic (exact) mass is 290 g/mol. The van der Waals surface area contributed by atoms with Crippen molar-refractivity contribution in [3.05, 3.63) is 18.0 Å². The van der Waals surface area contributed by atoms with Gasteiger partial charge in [0, 0.05) is 12.6 Å². The molecule has 0 aliphatic heterocycles. The fourth-order valence-corrected chi connectivity index (χ4v) is 2.17. The molecule has 0 spiro atoms. The minimum Gasteiger partial charge on any atom is -0.463 e. The summed E-state index contributed by atoms with van der Waals surface area (Å²) in [5.41, 5.74) is 0.634. The van der Waals surface area contributed by atoms with Gasteiger partial charge < -0.3 is 9.15 Å². The third-order valence-electron chi connectivity index (χ3n) is 3.51. The van der Waals surface area contributed by atoms with Gasteiger partial charge in [-0.15, -0.1) is 0 Å². The SMILES string of the molecule is CCCCCCc1cc2cnc(OCCC(C)C)nc2o1. The zero-order valence-corrected chi connectivity index (χ0v) is 13.4. The summed E-state index contributed by atoms with van der Waals surface area (Å²) in [7, 11) is 0. The third kappa shape index (κ3) is 5.03. The van der Waals surface area contributed by atoms with Crippen LogP contribution in [0.2, 0.25) is 0 Å². The van der Waals surface area contributed by atoms with Crippen LogP contribution in [0.25, 0.3) is 11.1 Å². The molecule has 21 heavy (non-hydrogen) atoms. The molecule has 0 aliphatic carbocycles. The number of nitrogens with zero attached hydrogens (tertiary/aromatic N) is 2. The maximum absolute atomic E-state index is 5.79. The van der Waals surface area contributed by atoms with Crippen molar-refractivity contribution < 1.29 is 9.15 Å². The predicted molar refractivity (Wildman–Crippen MR) is 84.6 cm³/mol. The van der Waals surface area contributed by atoms with Crippen LogP contribution in [0.5, 0.6) is 6.01 Å². The molecule has 0 atom stereocenters. The minimum absolute atomic E-state index is 0.412. The number of aryl methyl sites for hydroxylation is 1. The Morgan fingerprint density at radius 2 is 2.10 bits per heavy atom. The Labute approximate surface area is 126 Å². The normalized spacial score (nSPS) is 11.4. The summed E-state index contributed by atoms with van der Waals surface area (Å²) in [6, 6.07) is 2.45. The van der Waals surface area contributed by atoms with Gasteiger partial charge in [0.2, 0.25) is 5.71 Å². The second-order valence-electron chi connectivity index (χ2n) is 5.97. The van der Waals surface area contributed by atoms with Crippen molar-refractivity contribution in [2.75, 3.05) is 6.61 Å². The highest BCUT2D eigenvalue weighted by molar-refractivity contribution is 5.73. The molecule has 0 unspecified atom stereocenters. The van der Waals surface area contributed by atoms with E-state index in [4.69, 9.17) is 9.15 Å². The summed E-state index contributed by atoms with van der Waals surface area (Å²) >= 11 is 0. The number of unbranched alkanes of at least 4 members (excludes halogenated alkanes) is 3. The molecule has 2 heterocycles. The summed E-state index contributed by atoms with van der Waals surface area (Å²) in [6.45, 7) is 7.21. The van der Waals surface area contributed by atoms with E-state index in [9.17, 15) is 0 Å². The van der Waals surface area contributed by atoms with Crippen LogP contribution in [0.15, 0.2) is 16.7 Å². The van der Waals surface area contributed by atoms with E-state index in [-0.39, 0.29) is 0 Å². The van der Waals surface area contributed by atoms with Crippen molar-refractivity contribution in [2.45, 2.75) is 59.3 Å². The zero-order valence-electron chi connectivity index (χ0n) is 13.4. The second-order valence-corrected chi connectivity index (χ2v) is 5.97. The van der Waals surface area contributed by atoms with Crippen molar-refractivity contribution in [3.63, 3.8) is 0 Å². The minimum atomic E-state index is 0.412. The Morgan fingerprint density at radius 1 is 1.24 bits per heavy atom. The van der Waals surface area contributed by atoms with Crippen LogP contribution in [0, 0.1) is 5.92 Å². The van der Waals surface area contributed by atoms with Crippen molar-refractivity contribution in [1.29, 1.82) is 0 Å². The van der Waals surface area contributed by atoms with Gasteiger partial charge in [0.25, 0.3) is 0 Å². The molecule has 0 fully saturated rings. The molecule has 4 heteroatoms. The van der Waals surface area contributed by atoms with Gasteiger partial charge in [-0.3, -0.25) is 0 Å². The summed E-state index contributed by atoms with van der Waals surface area (Å²) in [5.74, 6) is 1.61. The second kappa shape index (κ2) is 8.01. The van der Waals surface area contributed by atoms with E-state index < -0.39 is 0 Å². The van der Waals surface area contributed by atoms with Crippen molar-refractivity contribution >= 4 is 11.1 Å². The highest BCUT2D eigenvalue weighted by Crippen LogP contribution is 2.20. The van der Waals surface area contributed by atoms with E-state index in [1.54, 1.807) is 6.20 Å². The van der Waals surface area contributed by atoms with Crippen LogP contribution < -0.4 is 4.74 Å². The van der Waals surface area contributed by atoms with Gasteiger partial charge in [-0.05, 0) is 24.8 Å². The lowest BCUT2D eigenvalue weighted by molar-refractivity contribution is 0.268. The van der Waals surface area contributed by atoms with E-state index in [1.807, 2.05) is 6.07 Å². The van der Waals surface area contributed by atoms with Gasteiger partial charge in [0.05, 0.1) is 12.0 Å². The fourth-order valence-electron chi connectivity index (χ4n) is 2.17. The molecule has 2 aromatic heterocycles. The molecule has 0 saturated carbocycles. The van der Waals surface area contributed by atoms with Crippen LogP contribution in [0.4, 0.5) is 0 Å². The van der Waals surface area contributed by atoms with Crippen molar-refractivity contribution in [3.8, 4) is 6.01 Å². The molecule has 0 aromatic carbocycles. The van der Waals surface area contributed by atoms with E-state index in [0.29, 0.717) is 24.2 Å². The molecule has 2 aromatic rings. The highest BCUT2D eigenvalue weighted by Gasteiger charge is 2.08. The molecular weight excluding hydrogens is 264 g/mol. The van der Waals surface area contributed by atoms with Crippen LogP contribution in [-0.4, -0.2) is 16.6 Å². The lowest BCUT2D eigenvalue weighted by atomic mass is 10.1. The Balaban J connectivity index is 1.92. The van der Waals surface area contributed by atoms with Gasteiger partial charge in [0.15, 0.2) is 0 Å². The molecule has 0 aliphatic rings. The summed E-state index contributed by atoms with van der Waals surface area (Å²) in [6.07, 6.45) is 8.71. The zero-order chi connectivity index (χ0) is 15.1. The average molecular weight is 290 g/mol. The third-order valence-corrected chi connectivity index (χ3v) is 3.51. The number of furan rings is 1. The summed E-state index contributed by atoms with van der Waals surface area (Å²) in [5, 5.41) is 0.955. The summed E-state index contributed by atoms with van der Waals surface area (Å²) < 4.78 is 11.4. The molecule has 0 radical (unpaired) electrons. The molecular formula is C17H26N2O2. The van der Waals surface area contributed by atoms with Crippen molar-refractivity contribution in [2.24, 2.45) is 5.92 Å². The first-order valence-corrected chi connectivity index (χ1v) is 8.07. The molecule has 116 valence electrons. The Bertz CT molecular complexity index is 549. The molecule has 0 bridgehead atoms. The maximum atomic E-state index is 5.79. The molecule has 4 nitrogen and oxygen atoms in total. The number of ether oxygens (including phenoxy) is 1. The van der Waals surface area contributed by atoms with Gasteiger partial charge in [0.1, 0.15) is 5.76 Å². The Kier molecular flexibility index (Phi) is 6.03. The predicted octanol–water partition coefficient (Wildman–Crippen LogP) is 4.77. The maximum Gasteiger partial charge on any atom is 0.319 e. The number of aromatic nitrogens is 2. The fraction of sp³-hybridized carbons (Fsp3) is 0.647. The lowest BCUT2D eigenvalue weighted by Crippen LogP contribution is -2.03. The van der Waals surface area contributed by atoms with Crippen LogP contribution in [-0.2, 0) is 6.42 Å². The molecule has 2 rings (SSSR count). The smallest absolute Gasteiger partial charge is 0.319 e. The van der Waals surface area contributed by atoms with Gasteiger partial charge in [-0.2, -0.15) is 4.98 Å². The average Bonchev–Trinajstić information content (AvgIpc) is 2.85. The first-order valence-electron chi connectivity index (χ1n) is 8.07. The van der Waals surface area contributed by atoms with E-state index in [0.717, 1.165) is 24.0 Å². The standard InChI is InChI=1S/C17H26N2O2/c1-4-5-6-7-8-15-11-14-12-18-17(19-16(14)21-15)20-10-9-13(2)3/h11-13H,4-10H2,1-3H3. The highest BCUT2D eigenvalue weighted by atomic mass is 16.5. The Morgan fingerprint density at radius 3 is 2.86 bits per heavy atom. The van der Waals surface area contributed by atoms with E-state index in [2.05, 4.69) is 30.7 Å². The topological polar surface area (TPSA) is 48.2 Å². The van der Waals surface area contributed by atoms with E-state index >= 15 is 0 Å². The number of hydrogen-bond acceptors (Lipinski definition) is 4. The quantitative estimate of drug-likeness (QED) is 0.624. The van der Waals surface area contributed by atoms with Crippen LogP contribution in [0.3, 0.4) is 0 Å². The van der Waals surface area contributed by atoms with Gasteiger partial charge >= 0.3 is 6.01 Å². The Hall–Kier alpha value is -1.58. The lowest BCUT2D eigenvalue weighted by Gasteiger charge is -2.05. The van der Waals surface area contributed by atoms with Crippen molar-refractivity contribution in [1.82, 2.24) is 9.97 Å². The molecule has 0 amide bonds. The molecule has 0 N–H and O–H groups in total. The van der Waals surface area contributed by atoms with Crippen LogP contribution in [0.1, 0.15) is 58.6 Å². The first kappa shape index (κ1) is 15.8. The number of hydrogen-bond donors (Lipinski definition) is 0. The number of rotatable bonds is 9. The number of fused-ring (bicyclic) bond motifs is 1. The first-order chi connectivity index (χ1) is 10.2. The largest absolute Gasteiger partial charge is 0.463 e. The van der Waals surface area contributed by atoms with Crippen LogP contribution >= 0.6 is 0 Å². The van der Waals surface area contributed by atoms with Gasteiger partial charge in [-0.25, -0.2) is 4.98 Å².